The van der Waals surface area contributed by atoms with Gasteiger partial charge in [0.05, 0.1) is 18.1 Å². The highest BCUT2D eigenvalue weighted by Crippen LogP contribution is 2.41. The van der Waals surface area contributed by atoms with Crippen LogP contribution in [0.4, 0.5) is 0 Å². The summed E-state index contributed by atoms with van der Waals surface area (Å²) in [7, 11) is 1.71. The molecule has 1 saturated heterocycles. The Kier molecular flexibility index (Phi) is 7.56. The fourth-order valence-corrected chi connectivity index (χ4v) is 5.64. The van der Waals surface area contributed by atoms with Crippen molar-refractivity contribution in [2.75, 3.05) is 7.05 Å². The van der Waals surface area contributed by atoms with E-state index in [1.807, 2.05) is 84.9 Å². The molecule has 5 rings (SSSR count). The monoisotopic (exact) mass is 510 g/mol. The second-order valence-corrected chi connectivity index (χ2v) is 10.1. The van der Waals surface area contributed by atoms with Crippen LogP contribution in [0.25, 0.3) is 0 Å². The molecule has 3 aromatic rings. The zero-order valence-corrected chi connectivity index (χ0v) is 21.8. The molecule has 2 aliphatic heterocycles. The summed E-state index contributed by atoms with van der Waals surface area (Å²) in [4.78, 5) is 42.4. The number of rotatable bonds is 7. The van der Waals surface area contributed by atoms with Gasteiger partial charge in [-0.25, -0.2) is 0 Å². The first kappa shape index (κ1) is 25.7. The average molecular weight is 511 g/mol. The van der Waals surface area contributed by atoms with Crippen molar-refractivity contribution in [3.05, 3.63) is 107 Å². The maximum absolute atomic E-state index is 14.0. The molecule has 2 aliphatic rings. The van der Waals surface area contributed by atoms with Crippen LogP contribution in [0.1, 0.15) is 54.1 Å². The van der Waals surface area contributed by atoms with Crippen molar-refractivity contribution in [3.63, 3.8) is 0 Å². The van der Waals surface area contributed by atoms with Crippen molar-refractivity contribution < 1.29 is 14.4 Å². The number of carbonyl (C=O) groups is 3. The van der Waals surface area contributed by atoms with Crippen LogP contribution in [0.2, 0.25) is 0 Å². The molecule has 7 heteroatoms. The summed E-state index contributed by atoms with van der Waals surface area (Å²) >= 11 is 0. The van der Waals surface area contributed by atoms with Gasteiger partial charge in [-0.15, -0.1) is 0 Å². The largest absolute Gasteiger partial charge is 0.343 e. The Bertz CT molecular complexity index is 1260. The zero-order chi connectivity index (χ0) is 26.6. The van der Waals surface area contributed by atoms with Gasteiger partial charge in [0.2, 0.25) is 17.7 Å². The predicted molar refractivity (Wildman–Crippen MR) is 146 cm³/mol. The van der Waals surface area contributed by atoms with Gasteiger partial charge in [-0.3, -0.25) is 14.4 Å². The van der Waals surface area contributed by atoms with E-state index >= 15 is 0 Å². The van der Waals surface area contributed by atoms with Gasteiger partial charge < -0.3 is 20.9 Å². The number of carbonyl (C=O) groups excluding carboxylic acids is 3. The topological polar surface area (TPSA) is 90.5 Å². The van der Waals surface area contributed by atoms with Gasteiger partial charge in [0.15, 0.2) is 0 Å². The second kappa shape index (κ2) is 11.2. The molecule has 196 valence electrons. The third-order valence-electron chi connectivity index (χ3n) is 7.77. The van der Waals surface area contributed by atoms with Crippen LogP contribution in [0, 0.1) is 0 Å². The van der Waals surface area contributed by atoms with E-state index in [1.54, 1.807) is 18.9 Å². The van der Waals surface area contributed by atoms with Gasteiger partial charge in [-0.1, -0.05) is 84.9 Å². The highest BCUT2D eigenvalue weighted by molar-refractivity contribution is 5.94. The number of benzene rings is 3. The highest BCUT2D eigenvalue weighted by atomic mass is 16.2. The minimum Gasteiger partial charge on any atom is -0.343 e. The summed E-state index contributed by atoms with van der Waals surface area (Å²) in [6.07, 6.45) is 1.64. The Morgan fingerprint density at radius 1 is 0.868 bits per heavy atom. The van der Waals surface area contributed by atoms with Crippen molar-refractivity contribution in [2.24, 2.45) is 0 Å². The Balaban J connectivity index is 1.46. The van der Waals surface area contributed by atoms with Gasteiger partial charge in [-0.2, -0.15) is 0 Å². The van der Waals surface area contributed by atoms with Gasteiger partial charge >= 0.3 is 0 Å². The Morgan fingerprint density at radius 3 is 2.11 bits per heavy atom. The maximum atomic E-state index is 14.0. The second-order valence-electron chi connectivity index (χ2n) is 10.1. The molecule has 0 aliphatic carbocycles. The number of amides is 3. The molecule has 0 saturated carbocycles. The molecule has 4 atom stereocenters. The van der Waals surface area contributed by atoms with E-state index in [2.05, 4.69) is 16.0 Å². The molecule has 1 fully saturated rings. The number of likely N-dealkylation sites (N-methyl/N-ethyl adjacent to an activating group) is 1. The van der Waals surface area contributed by atoms with E-state index in [9.17, 15) is 14.4 Å². The third-order valence-corrected chi connectivity index (χ3v) is 7.77. The lowest BCUT2D eigenvalue weighted by atomic mass is 9.96. The van der Waals surface area contributed by atoms with Gasteiger partial charge in [-0.05, 0) is 49.1 Å². The minimum atomic E-state index is -0.739. The van der Waals surface area contributed by atoms with Crippen molar-refractivity contribution >= 4 is 17.7 Å². The van der Waals surface area contributed by atoms with E-state index in [0.29, 0.717) is 19.3 Å². The smallest absolute Gasteiger partial charge is 0.246 e. The van der Waals surface area contributed by atoms with Crippen LogP contribution in [-0.4, -0.2) is 47.8 Å². The lowest BCUT2D eigenvalue weighted by Gasteiger charge is -2.32. The van der Waals surface area contributed by atoms with Crippen molar-refractivity contribution in [3.8, 4) is 0 Å². The van der Waals surface area contributed by atoms with Gasteiger partial charge in [0, 0.05) is 6.42 Å². The standard InChI is InChI=1S/C31H34N4O3/c1-20(32-2)29(36)33-25-19-23-15-9-10-16-24(23)26-17-18-27(35(26)31(25)38)30(37)34-28(21-11-5-3-6-12-21)22-13-7-4-8-14-22/h3-16,20,25-28,32H,17-19H2,1-2H3,(H,33,36)(H,34,37). The van der Waals surface area contributed by atoms with Crippen LogP contribution >= 0.6 is 0 Å². The molecule has 0 bridgehead atoms. The maximum Gasteiger partial charge on any atom is 0.246 e. The van der Waals surface area contributed by atoms with Crippen LogP contribution in [0.5, 0.6) is 0 Å². The summed E-state index contributed by atoms with van der Waals surface area (Å²) in [6, 6.07) is 25.3. The first-order valence-corrected chi connectivity index (χ1v) is 13.3. The fraction of sp³-hybridized carbons (Fsp3) is 0.323. The Hall–Kier alpha value is -3.97. The molecule has 0 spiro atoms. The molecule has 38 heavy (non-hydrogen) atoms. The van der Waals surface area contributed by atoms with Crippen LogP contribution < -0.4 is 16.0 Å². The number of hydrogen-bond donors (Lipinski definition) is 3. The fourth-order valence-electron chi connectivity index (χ4n) is 5.64. The molecule has 2 heterocycles. The van der Waals surface area contributed by atoms with Gasteiger partial charge in [0.1, 0.15) is 12.1 Å². The van der Waals surface area contributed by atoms with Gasteiger partial charge in [0.25, 0.3) is 0 Å². The molecular weight excluding hydrogens is 476 g/mol. The molecule has 3 aromatic carbocycles. The van der Waals surface area contributed by atoms with Crippen LogP contribution in [-0.2, 0) is 20.8 Å². The third kappa shape index (κ3) is 5.07. The van der Waals surface area contributed by atoms with Crippen molar-refractivity contribution in [2.45, 2.75) is 56.4 Å². The molecular formula is C31H34N4O3. The summed E-state index contributed by atoms with van der Waals surface area (Å²) in [5.41, 5.74) is 4.03. The quantitative estimate of drug-likeness (QED) is 0.455. The van der Waals surface area contributed by atoms with Crippen LogP contribution in [0.3, 0.4) is 0 Å². The predicted octanol–water partition coefficient (Wildman–Crippen LogP) is 3.27. The number of hydrogen-bond acceptors (Lipinski definition) is 4. The van der Waals surface area contributed by atoms with Crippen LogP contribution in [0.15, 0.2) is 84.9 Å². The van der Waals surface area contributed by atoms with E-state index in [0.717, 1.165) is 22.3 Å². The normalized spacial score (nSPS) is 21.3. The first-order valence-electron chi connectivity index (χ1n) is 13.3. The molecule has 7 nitrogen and oxygen atoms in total. The average Bonchev–Trinajstić information content (AvgIpc) is 3.36. The molecule has 4 unspecified atom stereocenters. The lowest BCUT2D eigenvalue weighted by molar-refractivity contribution is -0.143. The molecule has 3 amide bonds. The molecule has 3 N–H and O–H groups in total. The van der Waals surface area contributed by atoms with E-state index in [4.69, 9.17) is 0 Å². The van der Waals surface area contributed by atoms with E-state index < -0.39 is 18.1 Å². The summed E-state index contributed by atoms with van der Waals surface area (Å²) < 4.78 is 0. The number of fused-ring (bicyclic) bond motifs is 3. The summed E-state index contributed by atoms with van der Waals surface area (Å²) in [5, 5.41) is 9.11. The summed E-state index contributed by atoms with van der Waals surface area (Å²) in [6.45, 7) is 1.76. The molecule has 0 radical (unpaired) electrons. The molecule has 0 aromatic heterocycles. The number of nitrogens with one attached hydrogen (secondary N) is 3. The minimum absolute atomic E-state index is 0.188. The van der Waals surface area contributed by atoms with E-state index in [1.165, 1.54) is 0 Å². The number of nitrogens with zero attached hydrogens (tertiary/aromatic N) is 1. The lowest BCUT2D eigenvalue weighted by Crippen LogP contribution is -2.55. The Morgan fingerprint density at radius 2 is 1.47 bits per heavy atom. The summed E-state index contributed by atoms with van der Waals surface area (Å²) in [5.74, 6) is -0.640. The van der Waals surface area contributed by atoms with Crippen molar-refractivity contribution in [1.29, 1.82) is 0 Å². The van der Waals surface area contributed by atoms with E-state index in [-0.39, 0.29) is 29.8 Å². The first-order chi connectivity index (χ1) is 18.5. The zero-order valence-electron chi connectivity index (χ0n) is 21.8. The Labute approximate surface area is 223 Å². The SMILES string of the molecule is CNC(C)C(=O)NC1Cc2ccccc2C2CCC(C(=O)NC(c3ccccc3)c3ccccc3)N2C1=O. The highest BCUT2D eigenvalue weighted by Gasteiger charge is 2.47. The van der Waals surface area contributed by atoms with Crippen molar-refractivity contribution in [1.82, 2.24) is 20.9 Å².